The second kappa shape index (κ2) is 5.13. The average Bonchev–Trinajstić information content (AvgIpc) is 2.97. The summed E-state index contributed by atoms with van der Waals surface area (Å²) in [5, 5.41) is 10.6. The molecule has 3 rings (SSSR count). The molecule has 21 heavy (non-hydrogen) atoms. The van der Waals surface area contributed by atoms with Crippen LogP contribution in [0, 0.1) is 0 Å². The van der Waals surface area contributed by atoms with E-state index in [2.05, 4.69) is 0 Å². The van der Waals surface area contributed by atoms with Crippen molar-refractivity contribution in [3.05, 3.63) is 42.5 Å². The summed E-state index contributed by atoms with van der Waals surface area (Å²) in [5.41, 5.74) is 0. The van der Waals surface area contributed by atoms with Crippen molar-refractivity contribution in [3.63, 3.8) is 0 Å². The van der Waals surface area contributed by atoms with Gasteiger partial charge in [-0.05, 0) is 24.3 Å². The number of hydrogen-bond acceptors (Lipinski definition) is 3. The molecule has 0 amide bonds. The second-order valence-corrected chi connectivity index (χ2v) is 6.95. The van der Waals surface area contributed by atoms with Crippen LogP contribution in [0.5, 0.6) is 0 Å². The number of nitrogens with zero attached hydrogens (tertiary/aromatic N) is 1. The Morgan fingerprint density at radius 2 is 1.86 bits per heavy atom. The van der Waals surface area contributed by atoms with Crippen LogP contribution in [-0.4, -0.2) is 36.4 Å². The summed E-state index contributed by atoms with van der Waals surface area (Å²) in [6, 6.07) is 11.3. The number of carboxylic acids is 1. The van der Waals surface area contributed by atoms with E-state index in [0.717, 1.165) is 9.69 Å². The van der Waals surface area contributed by atoms with Crippen molar-refractivity contribution < 1.29 is 18.3 Å². The first-order chi connectivity index (χ1) is 10.0. The maximum absolute atomic E-state index is 12.8. The highest BCUT2D eigenvalue weighted by molar-refractivity contribution is 7.89. The zero-order valence-electron chi connectivity index (χ0n) is 11.3. The van der Waals surface area contributed by atoms with Gasteiger partial charge in [-0.1, -0.05) is 36.4 Å². The Morgan fingerprint density at radius 3 is 2.62 bits per heavy atom. The highest BCUT2D eigenvalue weighted by Gasteiger charge is 2.39. The molecule has 1 aliphatic heterocycles. The van der Waals surface area contributed by atoms with Gasteiger partial charge in [0.2, 0.25) is 10.0 Å². The molecule has 2 aromatic carbocycles. The fourth-order valence-electron chi connectivity index (χ4n) is 2.82. The Kier molecular flexibility index (Phi) is 3.43. The molecule has 1 saturated heterocycles. The van der Waals surface area contributed by atoms with Crippen LogP contribution in [-0.2, 0) is 14.8 Å². The molecule has 1 N–H and O–H groups in total. The highest BCUT2D eigenvalue weighted by Crippen LogP contribution is 2.30. The number of benzene rings is 2. The van der Waals surface area contributed by atoms with E-state index in [-0.39, 0.29) is 11.4 Å². The van der Waals surface area contributed by atoms with Crippen LogP contribution in [0.1, 0.15) is 12.8 Å². The Balaban J connectivity index is 2.15. The van der Waals surface area contributed by atoms with Gasteiger partial charge in [0.15, 0.2) is 0 Å². The molecule has 2 aromatic rings. The van der Waals surface area contributed by atoms with Crippen molar-refractivity contribution in [1.29, 1.82) is 0 Å². The van der Waals surface area contributed by atoms with E-state index in [1.165, 1.54) is 6.07 Å². The molecule has 6 heteroatoms. The summed E-state index contributed by atoms with van der Waals surface area (Å²) in [4.78, 5) is 11.4. The predicted octanol–water partition coefficient (Wildman–Crippen LogP) is 2.08. The molecule has 5 nitrogen and oxygen atoms in total. The van der Waals surface area contributed by atoms with Crippen molar-refractivity contribution in [2.75, 3.05) is 6.54 Å². The maximum Gasteiger partial charge on any atom is 0.322 e. The van der Waals surface area contributed by atoms with Crippen LogP contribution in [0.2, 0.25) is 0 Å². The Morgan fingerprint density at radius 1 is 1.14 bits per heavy atom. The van der Waals surface area contributed by atoms with Crippen LogP contribution in [0.3, 0.4) is 0 Å². The molecule has 1 atom stereocenters. The lowest BCUT2D eigenvalue weighted by atomic mass is 10.1. The molecule has 0 unspecified atom stereocenters. The van der Waals surface area contributed by atoms with E-state index in [9.17, 15) is 18.3 Å². The van der Waals surface area contributed by atoms with Crippen molar-refractivity contribution in [1.82, 2.24) is 4.31 Å². The first-order valence-corrected chi connectivity index (χ1v) is 8.18. The lowest BCUT2D eigenvalue weighted by molar-refractivity contribution is -0.140. The zero-order chi connectivity index (χ0) is 15.0. The number of carboxylic acid groups (broad SMARTS) is 1. The van der Waals surface area contributed by atoms with E-state index in [4.69, 9.17) is 0 Å². The van der Waals surface area contributed by atoms with Crippen LogP contribution in [0.25, 0.3) is 10.8 Å². The summed E-state index contributed by atoms with van der Waals surface area (Å²) in [6.07, 6.45) is 0.931. The summed E-state index contributed by atoms with van der Waals surface area (Å²) in [5.74, 6) is -1.09. The molecule has 1 fully saturated rings. The summed E-state index contributed by atoms with van der Waals surface area (Å²) in [6.45, 7) is 0.253. The molecular weight excluding hydrogens is 290 g/mol. The first kappa shape index (κ1) is 14.0. The monoisotopic (exact) mass is 305 g/mol. The minimum atomic E-state index is -3.81. The normalized spacial score (nSPS) is 19.9. The third-order valence-electron chi connectivity index (χ3n) is 3.83. The van der Waals surface area contributed by atoms with E-state index >= 15 is 0 Å². The molecule has 110 valence electrons. The second-order valence-electron chi connectivity index (χ2n) is 5.09. The maximum atomic E-state index is 12.8. The predicted molar refractivity (Wildman–Crippen MR) is 78.5 cm³/mol. The van der Waals surface area contributed by atoms with Gasteiger partial charge in [-0.25, -0.2) is 8.42 Å². The van der Waals surface area contributed by atoms with E-state index in [0.29, 0.717) is 18.2 Å². The molecular formula is C15H15NO4S. The fourth-order valence-corrected chi connectivity index (χ4v) is 4.69. The van der Waals surface area contributed by atoms with E-state index < -0.39 is 22.0 Å². The molecule has 0 saturated carbocycles. The average molecular weight is 305 g/mol. The molecule has 0 bridgehead atoms. The van der Waals surface area contributed by atoms with Gasteiger partial charge < -0.3 is 5.11 Å². The van der Waals surface area contributed by atoms with Gasteiger partial charge in [0.25, 0.3) is 0 Å². The Labute approximate surface area is 122 Å². The van der Waals surface area contributed by atoms with Gasteiger partial charge >= 0.3 is 5.97 Å². The quantitative estimate of drug-likeness (QED) is 0.942. The van der Waals surface area contributed by atoms with Crippen molar-refractivity contribution in [2.45, 2.75) is 23.8 Å². The SMILES string of the molecule is O=C(O)[C@@H]1CCCN1S(=O)(=O)c1cccc2ccccc12. The molecule has 1 heterocycles. The van der Waals surface area contributed by atoms with Gasteiger partial charge in [-0.15, -0.1) is 0 Å². The molecule has 1 aliphatic rings. The van der Waals surface area contributed by atoms with Crippen molar-refractivity contribution in [2.24, 2.45) is 0 Å². The number of rotatable bonds is 3. The van der Waals surface area contributed by atoms with Crippen LogP contribution >= 0.6 is 0 Å². The summed E-state index contributed by atoms with van der Waals surface area (Å²) < 4.78 is 26.8. The number of fused-ring (bicyclic) bond motifs is 1. The van der Waals surface area contributed by atoms with E-state index in [1.807, 2.05) is 18.2 Å². The minimum Gasteiger partial charge on any atom is -0.480 e. The highest BCUT2D eigenvalue weighted by atomic mass is 32.2. The Hall–Kier alpha value is -1.92. The number of aliphatic carboxylic acids is 1. The summed E-state index contributed by atoms with van der Waals surface area (Å²) in [7, 11) is -3.81. The minimum absolute atomic E-state index is 0.175. The standard InChI is InChI=1S/C15H15NO4S/c17-15(18)13-8-4-10-16(13)21(19,20)14-9-3-6-11-5-1-2-7-12(11)14/h1-3,5-7,9,13H,4,8,10H2,(H,17,18)/t13-/m0/s1. The fraction of sp³-hybridized carbons (Fsp3) is 0.267. The third-order valence-corrected chi connectivity index (χ3v) is 5.79. The number of hydrogen-bond donors (Lipinski definition) is 1. The van der Waals surface area contributed by atoms with E-state index in [1.54, 1.807) is 18.2 Å². The van der Waals surface area contributed by atoms with Crippen molar-refractivity contribution >= 4 is 26.8 Å². The first-order valence-electron chi connectivity index (χ1n) is 6.74. The number of sulfonamides is 1. The Bertz CT molecular complexity index is 795. The largest absolute Gasteiger partial charge is 0.480 e. The smallest absolute Gasteiger partial charge is 0.322 e. The molecule has 0 aromatic heterocycles. The topological polar surface area (TPSA) is 74.7 Å². The number of carbonyl (C=O) groups is 1. The van der Waals surface area contributed by atoms with Crippen molar-refractivity contribution in [3.8, 4) is 0 Å². The van der Waals surface area contributed by atoms with Crippen LogP contribution in [0.15, 0.2) is 47.4 Å². The van der Waals surface area contributed by atoms with Crippen LogP contribution < -0.4 is 0 Å². The molecule has 0 radical (unpaired) electrons. The molecule has 0 spiro atoms. The van der Waals surface area contributed by atoms with Gasteiger partial charge in [0, 0.05) is 11.9 Å². The zero-order valence-corrected chi connectivity index (χ0v) is 12.1. The van der Waals surface area contributed by atoms with Gasteiger partial charge in [-0.3, -0.25) is 4.79 Å². The van der Waals surface area contributed by atoms with Gasteiger partial charge in [0.05, 0.1) is 4.90 Å². The van der Waals surface area contributed by atoms with Gasteiger partial charge in [0.1, 0.15) is 6.04 Å². The van der Waals surface area contributed by atoms with Gasteiger partial charge in [-0.2, -0.15) is 4.31 Å². The molecule has 0 aliphatic carbocycles. The lowest BCUT2D eigenvalue weighted by Gasteiger charge is -2.21. The lowest BCUT2D eigenvalue weighted by Crippen LogP contribution is -2.40. The third kappa shape index (κ3) is 2.30. The van der Waals surface area contributed by atoms with Crippen LogP contribution in [0.4, 0.5) is 0 Å². The summed E-state index contributed by atoms with van der Waals surface area (Å²) >= 11 is 0.